The van der Waals surface area contributed by atoms with E-state index >= 15 is 0 Å². The lowest BCUT2D eigenvalue weighted by Crippen LogP contribution is -2.61. The van der Waals surface area contributed by atoms with Crippen LogP contribution < -0.4 is 0 Å². The minimum atomic E-state index is -4.85. The van der Waals surface area contributed by atoms with Gasteiger partial charge in [0.2, 0.25) is 0 Å². The summed E-state index contributed by atoms with van der Waals surface area (Å²) in [5.74, 6) is -1.03. The van der Waals surface area contributed by atoms with Crippen LogP contribution in [0.3, 0.4) is 0 Å². The third kappa shape index (κ3) is 2.96. The summed E-state index contributed by atoms with van der Waals surface area (Å²) in [6.07, 6.45) is -2.55. The van der Waals surface area contributed by atoms with Gasteiger partial charge in [0, 0.05) is 24.8 Å². The zero-order chi connectivity index (χ0) is 17.3. The summed E-state index contributed by atoms with van der Waals surface area (Å²) in [6.45, 7) is 3.57. The van der Waals surface area contributed by atoms with Crippen LogP contribution in [0.1, 0.15) is 38.7 Å². The van der Waals surface area contributed by atoms with Crippen LogP contribution in [-0.4, -0.2) is 36.2 Å². The number of nitrogens with zero attached hydrogens (tertiary/aromatic N) is 1. The van der Waals surface area contributed by atoms with E-state index in [9.17, 15) is 18.0 Å². The van der Waals surface area contributed by atoms with E-state index in [-0.39, 0.29) is 17.6 Å². The fraction of sp³-hybridized carbons (Fsp3) is 0.588. The van der Waals surface area contributed by atoms with Gasteiger partial charge < -0.3 is 9.64 Å². The summed E-state index contributed by atoms with van der Waals surface area (Å²) in [4.78, 5) is 14.3. The predicted octanol–water partition coefficient (Wildman–Crippen LogP) is 3.88. The SMILES string of the molecule is CO[C@](C(=O)N1[C@H](C)CCC[C@H]1C)(c1ccccc1)C(F)(F)F. The minimum Gasteiger partial charge on any atom is -0.356 e. The molecule has 1 saturated heterocycles. The van der Waals surface area contributed by atoms with Crippen molar-refractivity contribution in [1.29, 1.82) is 0 Å². The lowest BCUT2D eigenvalue weighted by atomic mass is 9.87. The summed E-state index contributed by atoms with van der Waals surface area (Å²) in [5, 5.41) is 0. The number of hydrogen-bond acceptors (Lipinski definition) is 2. The number of likely N-dealkylation sites (tertiary alicyclic amines) is 1. The Morgan fingerprint density at radius 2 is 1.65 bits per heavy atom. The molecular weight excluding hydrogens is 307 g/mol. The molecule has 0 bridgehead atoms. The van der Waals surface area contributed by atoms with Gasteiger partial charge in [0.25, 0.3) is 11.5 Å². The Morgan fingerprint density at radius 3 is 2.09 bits per heavy atom. The standard InChI is InChI=1S/C17H22F3NO2/c1-12-8-7-9-13(2)21(12)15(22)16(23-3,17(18,19)20)14-10-5-4-6-11-14/h4-6,10-13H,7-9H2,1-3H3/t12-,13-,16+/m1/s1. The lowest BCUT2D eigenvalue weighted by Gasteiger charge is -2.45. The van der Waals surface area contributed by atoms with Crippen molar-refractivity contribution in [3.8, 4) is 0 Å². The van der Waals surface area contributed by atoms with Crippen LogP contribution >= 0.6 is 0 Å². The number of ether oxygens (including phenoxy) is 1. The molecule has 128 valence electrons. The van der Waals surface area contributed by atoms with Crippen molar-refractivity contribution in [2.45, 2.75) is 57.0 Å². The van der Waals surface area contributed by atoms with Gasteiger partial charge in [-0.2, -0.15) is 13.2 Å². The molecule has 1 aliphatic heterocycles. The third-order valence-electron chi connectivity index (χ3n) is 4.61. The molecule has 0 aromatic heterocycles. The topological polar surface area (TPSA) is 29.5 Å². The van der Waals surface area contributed by atoms with E-state index in [0.717, 1.165) is 13.5 Å². The summed E-state index contributed by atoms with van der Waals surface area (Å²) < 4.78 is 46.7. The average Bonchev–Trinajstić information content (AvgIpc) is 2.48. The molecule has 3 atom stereocenters. The molecule has 0 radical (unpaired) electrons. The summed E-state index contributed by atoms with van der Waals surface area (Å²) in [5.41, 5.74) is -3.15. The molecule has 1 fully saturated rings. The second-order valence-electron chi connectivity index (χ2n) is 6.09. The predicted molar refractivity (Wildman–Crippen MR) is 80.8 cm³/mol. The highest BCUT2D eigenvalue weighted by Crippen LogP contribution is 2.44. The Bertz CT molecular complexity index is 537. The van der Waals surface area contributed by atoms with E-state index in [1.54, 1.807) is 19.9 Å². The highest BCUT2D eigenvalue weighted by atomic mass is 19.4. The number of carbonyl (C=O) groups is 1. The van der Waals surface area contributed by atoms with Gasteiger partial charge in [-0.1, -0.05) is 30.3 Å². The molecule has 3 nitrogen and oxygen atoms in total. The number of carbonyl (C=O) groups excluding carboxylic acids is 1. The number of amides is 1. The Balaban J connectivity index is 2.56. The van der Waals surface area contributed by atoms with Crippen molar-refractivity contribution in [3.05, 3.63) is 35.9 Å². The largest absolute Gasteiger partial charge is 0.430 e. The van der Waals surface area contributed by atoms with Crippen LogP contribution in [0.2, 0.25) is 0 Å². The van der Waals surface area contributed by atoms with Crippen molar-refractivity contribution >= 4 is 5.91 Å². The highest BCUT2D eigenvalue weighted by Gasteiger charge is 2.64. The zero-order valence-corrected chi connectivity index (χ0v) is 13.6. The maximum atomic E-state index is 13.9. The van der Waals surface area contributed by atoms with Crippen molar-refractivity contribution in [2.75, 3.05) is 7.11 Å². The van der Waals surface area contributed by atoms with Gasteiger partial charge in [0.15, 0.2) is 0 Å². The number of rotatable bonds is 3. The second-order valence-corrected chi connectivity index (χ2v) is 6.09. The number of alkyl halides is 3. The average molecular weight is 329 g/mol. The van der Waals surface area contributed by atoms with E-state index in [4.69, 9.17) is 4.74 Å². The number of benzene rings is 1. The smallest absolute Gasteiger partial charge is 0.356 e. The van der Waals surface area contributed by atoms with Gasteiger partial charge in [-0.25, -0.2) is 0 Å². The van der Waals surface area contributed by atoms with Crippen LogP contribution in [0.5, 0.6) is 0 Å². The molecule has 1 amide bonds. The Labute approximate surface area is 134 Å². The van der Waals surface area contributed by atoms with Gasteiger partial charge in [-0.15, -0.1) is 0 Å². The van der Waals surface area contributed by atoms with Crippen LogP contribution in [0.4, 0.5) is 13.2 Å². The highest BCUT2D eigenvalue weighted by molar-refractivity contribution is 5.88. The van der Waals surface area contributed by atoms with E-state index in [1.807, 2.05) is 0 Å². The monoisotopic (exact) mass is 329 g/mol. The molecule has 0 spiro atoms. The lowest BCUT2D eigenvalue weighted by molar-refractivity contribution is -0.272. The molecule has 23 heavy (non-hydrogen) atoms. The number of halogens is 3. The van der Waals surface area contributed by atoms with E-state index < -0.39 is 17.7 Å². The van der Waals surface area contributed by atoms with Crippen molar-refractivity contribution in [1.82, 2.24) is 4.90 Å². The summed E-state index contributed by atoms with van der Waals surface area (Å²) >= 11 is 0. The van der Waals surface area contributed by atoms with Gasteiger partial charge in [0.05, 0.1) is 0 Å². The van der Waals surface area contributed by atoms with E-state index in [1.165, 1.54) is 29.2 Å². The number of methoxy groups -OCH3 is 1. The third-order valence-corrected chi connectivity index (χ3v) is 4.61. The quantitative estimate of drug-likeness (QED) is 0.842. The van der Waals surface area contributed by atoms with E-state index in [2.05, 4.69) is 0 Å². The first-order valence-corrected chi connectivity index (χ1v) is 7.76. The second kappa shape index (κ2) is 6.51. The first-order valence-electron chi connectivity index (χ1n) is 7.76. The molecule has 0 aliphatic carbocycles. The minimum absolute atomic E-state index is 0.190. The van der Waals surface area contributed by atoms with Gasteiger partial charge >= 0.3 is 6.18 Å². The first kappa shape index (κ1) is 17.8. The zero-order valence-electron chi connectivity index (χ0n) is 13.6. The fourth-order valence-electron chi connectivity index (χ4n) is 3.41. The van der Waals surface area contributed by atoms with Crippen LogP contribution in [-0.2, 0) is 15.1 Å². The van der Waals surface area contributed by atoms with Crippen LogP contribution in [0.15, 0.2) is 30.3 Å². The summed E-state index contributed by atoms with van der Waals surface area (Å²) in [6, 6.07) is 6.65. The fourth-order valence-corrected chi connectivity index (χ4v) is 3.41. The number of hydrogen-bond donors (Lipinski definition) is 0. The van der Waals surface area contributed by atoms with Crippen molar-refractivity contribution < 1.29 is 22.7 Å². The van der Waals surface area contributed by atoms with Crippen molar-refractivity contribution in [2.24, 2.45) is 0 Å². The Kier molecular flexibility index (Phi) is 5.04. The molecule has 1 aliphatic rings. The molecule has 0 saturated carbocycles. The Morgan fingerprint density at radius 1 is 1.13 bits per heavy atom. The van der Waals surface area contributed by atoms with E-state index in [0.29, 0.717) is 12.8 Å². The molecule has 6 heteroatoms. The maximum Gasteiger partial charge on any atom is 0.430 e. The molecule has 1 heterocycles. The molecule has 2 rings (SSSR count). The molecule has 1 aromatic rings. The van der Waals surface area contributed by atoms with Gasteiger partial charge in [0.1, 0.15) is 0 Å². The molecular formula is C17H22F3NO2. The van der Waals surface area contributed by atoms with Crippen molar-refractivity contribution in [3.63, 3.8) is 0 Å². The first-order chi connectivity index (χ1) is 10.8. The maximum absolute atomic E-state index is 13.9. The Hall–Kier alpha value is -1.56. The number of piperidine rings is 1. The van der Waals surface area contributed by atoms with Gasteiger partial charge in [-0.3, -0.25) is 4.79 Å². The normalized spacial score (nSPS) is 25.0. The molecule has 0 N–H and O–H groups in total. The van der Waals surface area contributed by atoms with Gasteiger partial charge in [-0.05, 0) is 33.1 Å². The van der Waals surface area contributed by atoms with Crippen LogP contribution in [0, 0.1) is 0 Å². The van der Waals surface area contributed by atoms with Crippen LogP contribution in [0.25, 0.3) is 0 Å². The molecule has 0 unspecified atom stereocenters. The molecule has 1 aromatic carbocycles. The summed E-state index contributed by atoms with van der Waals surface area (Å²) in [7, 11) is 0.942.